The Hall–Kier alpha value is -2.16. The standard InChI is InChI=1S/C19H22ClN3O4S/c1-22(2)28(25,26)16-5-3-14(4-6-16)19(24)23-11-8-15(9-12-23)27-18-7-10-21-13-17(18)20/h3-7,10,13,15H,8-9,11-12H2,1-2H3. The fourth-order valence-corrected chi connectivity index (χ4v) is 4.04. The van der Waals surface area contributed by atoms with Crippen LogP contribution in [0.15, 0.2) is 47.6 Å². The molecule has 2 heterocycles. The molecule has 1 aliphatic rings. The second-order valence-corrected chi connectivity index (χ2v) is 9.29. The topological polar surface area (TPSA) is 79.8 Å². The van der Waals surface area contributed by atoms with Gasteiger partial charge in [0.1, 0.15) is 16.9 Å². The minimum absolute atomic E-state index is 0.0171. The number of piperidine rings is 1. The largest absolute Gasteiger partial charge is 0.489 e. The van der Waals surface area contributed by atoms with Gasteiger partial charge in [-0.1, -0.05) is 11.6 Å². The van der Waals surface area contributed by atoms with Gasteiger partial charge in [-0.05, 0) is 24.3 Å². The van der Waals surface area contributed by atoms with Crippen LogP contribution in [-0.4, -0.2) is 61.8 Å². The molecule has 7 nitrogen and oxygen atoms in total. The Labute approximate surface area is 169 Å². The highest BCUT2D eigenvalue weighted by Gasteiger charge is 2.26. The van der Waals surface area contributed by atoms with Crippen molar-refractivity contribution in [1.82, 2.24) is 14.2 Å². The number of benzene rings is 1. The van der Waals surface area contributed by atoms with E-state index in [1.807, 2.05) is 0 Å². The van der Waals surface area contributed by atoms with Crippen molar-refractivity contribution in [3.63, 3.8) is 0 Å². The summed E-state index contributed by atoms with van der Waals surface area (Å²) in [6.45, 7) is 1.12. The van der Waals surface area contributed by atoms with E-state index in [2.05, 4.69) is 4.98 Å². The van der Waals surface area contributed by atoms with E-state index in [1.165, 1.54) is 32.4 Å². The number of nitrogens with zero attached hydrogens (tertiary/aromatic N) is 3. The molecule has 0 saturated carbocycles. The monoisotopic (exact) mass is 423 g/mol. The zero-order valence-corrected chi connectivity index (χ0v) is 17.3. The second kappa shape index (κ2) is 8.46. The number of amides is 1. The Morgan fingerprint density at radius 1 is 1.18 bits per heavy atom. The van der Waals surface area contributed by atoms with Gasteiger partial charge >= 0.3 is 0 Å². The molecule has 0 radical (unpaired) electrons. The molecule has 0 unspecified atom stereocenters. The summed E-state index contributed by atoms with van der Waals surface area (Å²) in [6.07, 6.45) is 4.53. The lowest BCUT2D eigenvalue weighted by molar-refractivity contribution is 0.0595. The summed E-state index contributed by atoms with van der Waals surface area (Å²) >= 11 is 6.07. The summed E-state index contributed by atoms with van der Waals surface area (Å²) in [4.78, 5) is 18.6. The third kappa shape index (κ3) is 4.45. The summed E-state index contributed by atoms with van der Waals surface area (Å²) in [5.41, 5.74) is 0.467. The predicted molar refractivity (Wildman–Crippen MR) is 106 cm³/mol. The number of carbonyl (C=O) groups is 1. The van der Waals surface area contributed by atoms with E-state index < -0.39 is 10.0 Å². The number of pyridine rings is 1. The number of hydrogen-bond acceptors (Lipinski definition) is 5. The fourth-order valence-electron chi connectivity index (χ4n) is 2.98. The van der Waals surface area contributed by atoms with Crippen molar-refractivity contribution >= 4 is 27.5 Å². The number of halogens is 1. The Kier molecular flexibility index (Phi) is 6.22. The third-order valence-electron chi connectivity index (χ3n) is 4.64. The number of ether oxygens (including phenoxy) is 1. The first-order chi connectivity index (χ1) is 13.3. The van der Waals surface area contributed by atoms with Crippen LogP contribution >= 0.6 is 11.6 Å². The lowest BCUT2D eigenvalue weighted by atomic mass is 10.1. The number of rotatable bonds is 5. The average Bonchev–Trinajstić information content (AvgIpc) is 2.70. The summed E-state index contributed by atoms with van der Waals surface area (Å²) in [5, 5.41) is 0.466. The first-order valence-electron chi connectivity index (χ1n) is 8.87. The van der Waals surface area contributed by atoms with Gasteiger partial charge in [-0.15, -0.1) is 0 Å². The first-order valence-corrected chi connectivity index (χ1v) is 10.7. The summed E-state index contributed by atoms with van der Waals surface area (Å²) in [5.74, 6) is 0.480. The Bertz CT molecular complexity index is 940. The maximum atomic E-state index is 12.7. The quantitative estimate of drug-likeness (QED) is 0.738. The Balaban J connectivity index is 1.60. The van der Waals surface area contributed by atoms with Gasteiger partial charge in [0.2, 0.25) is 10.0 Å². The molecule has 0 bridgehead atoms. The van der Waals surface area contributed by atoms with Crippen molar-refractivity contribution in [2.45, 2.75) is 23.8 Å². The molecule has 0 aliphatic carbocycles. The van der Waals surface area contributed by atoms with E-state index >= 15 is 0 Å². The van der Waals surface area contributed by atoms with Crippen LogP contribution in [0.25, 0.3) is 0 Å². The van der Waals surface area contributed by atoms with Crippen molar-refractivity contribution in [2.75, 3.05) is 27.2 Å². The van der Waals surface area contributed by atoms with E-state index in [9.17, 15) is 13.2 Å². The second-order valence-electron chi connectivity index (χ2n) is 6.73. The maximum absolute atomic E-state index is 12.7. The van der Waals surface area contributed by atoms with Gasteiger partial charge in [-0.25, -0.2) is 12.7 Å². The van der Waals surface area contributed by atoms with Gasteiger partial charge in [0.05, 0.1) is 4.90 Å². The molecule has 0 N–H and O–H groups in total. The molecular formula is C19H22ClN3O4S. The van der Waals surface area contributed by atoms with Crippen LogP contribution in [0, 0.1) is 0 Å². The number of likely N-dealkylation sites (tertiary alicyclic amines) is 1. The van der Waals surface area contributed by atoms with Gasteiger partial charge in [-0.2, -0.15) is 0 Å². The summed E-state index contributed by atoms with van der Waals surface area (Å²) in [7, 11) is -0.564. The van der Waals surface area contributed by atoms with Crippen molar-refractivity contribution in [2.24, 2.45) is 0 Å². The minimum atomic E-state index is -3.51. The van der Waals surface area contributed by atoms with Crippen molar-refractivity contribution in [1.29, 1.82) is 0 Å². The summed E-state index contributed by atoms with van der Waals surface area (Å²) in [6, 6.07) is 7.76. The summed E-state index contributed by atoms with van der Waals surface area (Å²) < 4.78 is 31.3. The molecule has 2 aromatic rings. The Morgan fingerprint density at radius 3 is 2.39 bits per heavy atom. The van der Waals surface area contributed by atoms with Crippen LogP contribution in [0.4, 0.5) is 0 Å². The maximum Gasteiger partial charge on any atom is 0.253 e. The molecule has 0 atom stereocenters. The van der Waals surface area contributed by atoms with Crippen LogP contribution in [0.1, 0.15) is 23.2 Å². The molecule has 9 heteroatoms. The van der Waals surface area contributed by atoms with Crippen molar-refractivity contribution in [3.8, 4) is 5.75 Å². The molecule has 1 saturated heterocycles. The van der Waals surface area contributed by atoms with Crippen LogP contribution in [0.5, 0.6) is 5.75 Å². The molecule has 3 rings (SSSR count). The highest BCUT2D eigenvalue weighted by Crippen LogP contribution is 2.26. The highest BCUT2D eigenvalue weighted by atomic mass is 35.5. The fraction of sp³-hybridized carbons (Fsp3) is 0.368. The average molecular weight is 424 g/mol. The molecule has 1 fully saturated rings. The first kappa shape index (κ1) is 20.6. The van der Waals surface area contributed by atoms with Crippen LogP contribution in [-0.2, 0) is 10.0 Å². The number of carbonyl (C=O) groups excluding carboxylic acids is 1. The molecule has 1 amide bonds. The smallest absolute Gasteiger partial charge is 0.253 e. The lowest BCUT2D eigenvalue weighted by Crippen LogP contribution is -2.41. The molecular weight excluding hydrogens is 402 g/mol. The van der Waals surface area contributed by atoms with Gasteiger partial charge in [-0.3, -0.25) is 9.78 Å². The molecule has 1 aromatic heterocycles. The van der Waals surface area contributed by atoms with Gasteiger partial charge < -0.3 is 9.64 Å². The number of sulfonamides is 1. The molecule has 0 spiro atoms. The van der Waals surface area contributed by atoms with E-state index in [0.717, 1.165) is 4.31 Å². The van der Waals surface area contributed by atoms with Crippen molar-refractivity contribution < 1.29 is 17.9 Å². The zero-order chi connectivity index (χ0) is 20.3. The lowest BCUT2D eigenvalue weighted by Gasteiger charge is -2.32. The van der Waals surface area contributed by atoms with Crippen LogP contribution in [0.2, 0.25) is 5.02 Å². The normalized spacial score (nSPS) is 15.6. The predicted octanol–water partition coefficient (Wildman–Crippen LogP) is 2.67. The van der Waals surface area contributed by atoms with Crippen LogP contribution in [0.3, 0.4) is 0 Å². The van der Waals surface area contributed by atoms with E-state index in [0.29, 0.717) is 42.3 Å². The number of aromatic nitrogens is 1. The van der Waals surface area contributed by atoms with E-state index in [4.69, 9.17) is 16.3 Å². The SMILES string of the molecule is CN(C)S(=O)(=O)c1ccc(C(=O)N2CCC(Oc3ccncc3Cl)CC2)cc1. The van der Waals surface area contributed by atoms with Gasteiger partial charge in [0.15, 0.2) is 0 Å². The Morgan fingerprint density at radius 2 is 1.82 bits per heavy atom. The van der Waals surface area contributed by atoms with E-state index in [-0.39, 0.29) is 16.9 Å². The molecule has 1 aromatic carbocycles. The highest BCUT2D eigenvalue weighted by molar-refractivity contribution is 7.89. The molecule has 1 aliphatic heterocycles. The third-order valence-corrected chi connectivity index (χ3v) is 6.75. The van der Waals surface area contributed by atoms with Crippen LogP contribution < -0.4 is 4.74 Å². The molecule has 150 valence electrons. The minimum Gasteiger partial charge on any atom is -0.489 e. The van der Waals surface area contributed by atoms with E-state index in [1.54, 1.807) is 29.3 Å². The van der Waals surface area contributed by atoms with Gasteiger partial charge in [0.25, 0.3) is 5.91 Å². The van der Waals surface area contributed by atoms with Crippen molar-refractivity contribution in [3.05, 3.63) is 53.3 Å². The zero-order valence-electron chi connectivity index (χ0n) is 15.7. The number of hydrogen-bond donors (Lipinski definition) is 0. The molecule has 28 heavy (non-hydrogen) atoms. The van der Waals surface area contributed by atoms with Gasteiger partial charge in [0, 0.05) is 64.1 Å².